The van der Waals surface area contributed by atoms with E-state index in [1.807, 2.05) is 25.7 Å². The maximum absolute atomic E-state index is 12.8. The zero-order valence-electron chi connectivity index (χ0n) is 15.2. The molecule has 0 aromatic carbocycles. The third kappa shape index (κ3) is 3.74. The number of likely N-dealkylation sites (tertiary alicyclic amines) is 2. The van der Waals surface area contributed by atoms with Gasteiger partial charge in [-0.25, -0.2) is 4.79 Å². The van der Waals surface area contributed by atoms with Crippen LogP contribution in [0.3, 0.4) is 0 Å². The Balaban J connectivity index is 1.62. The van der Waals surface area contributed by atoms with Crippen LogP contribution >= 0.6 is 0 Å². The van der Waals surface area contributed by atoms with Gasteiger partial charge in [0.05, 0.1) is 11.7 Å². The van der Waals surface area contributed by atoms with Crippen molar-refractivity contribution in [1.29, 1.82) is 0 Å². The van der Waals surface area contributed by atoms with Crippen LogP contribution in [0.2, 0.25) is 0 Å². The molecule has 134 valence electrons. The van der Waals surface area contributed by atoms with Gasteiger partial charge in [-0.3, -0.25) is 4.90 Å². The number of rotatable bonds is 3. The van der Waals surface area contributed by atoms with Crippen molar-refractivity contribution in [2.24, 2.45) is 0 Å². The molecule has 2 atom stereocenters. The number of amides is 2. The summed E-state index contributed by atoms with van der Waals surface area (Å²) >= 11 is 0. The maximum Gasteiger partial charge on any atom is 0.317 e. The quantitative estimate of drug-likeness (QED) is 0.923. The highest BCUT2D eigenvalue weighted by atomic mass is 16.5. The number of carbonyl (C=O) groups is 1. The number of nitrogens with one attached hydrogen (secondary N) is 1. The molecule has 6 heteroatoms. The van der Waals surface area contributed by atoms with Crippen LogP contribution in [-0.2, 0) is 0 Å². The van der Waals surface area contributed by atoms with E-state index in [1.165, 1.54) is 38.8 Å². The molecule has 0 aliphatic carbocycles. The average molecular weight is 334 g/mol. The Morgan fingerprint density at radius 1 is 1.21 bits per heavy atom. The van der Waals surface area contributed by atoms with Crippen molar-refractivity contribution < 1.29 is 9.32 Å². The smallest absolute Gasteiger partial charge is 0.317 e. The van der Waals surface area contributed by atoms with Crippen molar-refractivity contribution in [2.45, 2.75) is 65.0 Å². The molecule has 0 radical (unpaired) electrons. The van der Waals surface area contributed by atoms with E-state index in [4.69, 9.17) is 4.52 Å². The number of hydrogen-bond donors (Lipinski definition) is 1. The highest BCUT2D eigenvalue weighted by Crippen LogP contribution is 2.23. The van der Waals surface area contributed by atoms with Crippen molar-refractivity contribution >= 4 is 6.03 Å². The summed E-state index contributed by atoms with van der Waals surface area (Å²) in [5.74, 6) is 0.783. The fourth-order valence-corrected chi connectivity index (χ4v) is 4.17. The minimum absolute atomic E-state index is 0.0357. The van der Waals surface area contributed by atoms with Gasteiger partial charge in [-0.05, 0) is 59.5 Å². The Kier molecular flexibility index (Phi) is 5.43. The van der Waals surface area contributed by atoms with Crippen molar-refractivity contribution in [1.82, 2.24) is 20.3 Å². The second-order valence-electron chi connectivity index (χ2n) is 7.25. The number of nitrogens with zero attached hydrogens (tertiary/aromatic N) is 3. The van der Waals surface area contributed by atoms with Gasteiger partial charge in [0.15, 0.2) is 0 Å². The second kappa shape index (κ2) is 7.55. The molecular weight excluding hydrogens is 304 g/mol. The molecule has 3 rings (SSSR count). The average Bonchev–Trinajstić information content (AvgIpc) is 3.11. The second-order valence-corrected chi connectivity index (χ2v) is 7.25. The molecule has 0 saturated carbocycles. The van der Waals surface area contributed by atoms with E-state index in [0.29, 0.717) is 6.04 Å². The van der Waals surface area contributed by atoms with E-state index in [0.717, 1.165) is 36.5 Å². The number of hydrogen-bond acceptors (Lipinski definition) is 4. The first kappa shape index (κ1) is 17.3. The Morgan fingerprint density at radius 2 is 1.92 bits per heavy atom. The summed E-state index contributed by atoms with van der Waals surface area (Å²) < 4.78 is 5.23. The summed E-state index contributed by atoms with van der Waals surface area (Å²) in [6.07, 6.45) is 6.11. The summed E-state index contributed by atoms with van der Waals surface area (Å²) in [6.45, 7) is 9.90. The molecule has 0 unspecified atom stereocenters. The van der Waals surface area contributed by atoms with Gasteiger partial charge in [0.2, 0.25) is 0 Å². The first-order valence-corrected chi connectivity index (χ1v) is 9.28. The lowest BCUT2D eigenvalue weighted by atomic mass is 10.1. The summed E-state index contributed by atoms with van der Waals surface area (Å²) in [4.78, 5) is 17.4. The molecule has 1 aromatic rings. The first-order valence-electron chi connectivity index (χ1n) is 9.28. The van der Waals surface area contributed by atoms with Crippen LogP contribution in [0, 0.1) is 13.8 Å². The van der Waals surface area contributed by atoms with E-state index in [1.54, 1.807) is 0 Å². The number of aromatic nitrogens is 1. The van der Waals surface area contributed by atoms with Gasteiger partial charge in [0.25, 0.3) is 0 Å². The van der Waals surface area contributed by atoms with Gasteiger partial charge in [0, 0.05) is 24.7 Å². The van der Waals surface area contributed by atoms with Gasteiger partial charge in [-0.1, -0.05) is 11.6 Å². The third-order valence-electron chi connectivity index (χ3n) is 5.45. The van der Waals surface area contributed by atoms with Gasteiger partial charge < -0.3 is 14.7 Å². The van der Waals surface area contributed by atoms with Gasteiger partial charge in [-0.15, -0.1) is 0 Å². The zero-order chi connectivity index (χ0) is 17.1. The Hall–Kier alpha value is -1.56. The first-order chi connectivity index (χ1) is 11.6. The summed E-state index contributed by atoms with van der Waals surface area (Å²) in [5.41, 5.74) is 1.85. The fraction of sp³-hybridized carbons (Fsp3) is 0.778. The van der Waals surface area contributed by atoms with Crippen LogP contribution < -0.4 is 5.32 Å². The molecule has 3 heterocycles. The van der Waals surface area contributed by atoms with Crippen LogP contribution in [0.4, 0.5) is 4.79 Å². The van der Waals surface area contributed by atoms with E-state index in [9.17, 15) is 4.79 Å². The van der Waals surface area contributed by atoms with Gasteiger partial charge in [0.1, 0.15) is 5.76 Å². The highest BCUT2D eigenvalue weighted by molar-refractivity contribution is 5.74. The van der Waals surface area contributed by atoms with Crippen LogP contribution in [0.5, 0.6) is 0 Å². The maximum atomic E-state index is 12.8. The lowest BCUT2D eigenvalue weighted by Crippen LogP contribution is -2.47. The molecule has 2 aliphatic rings. The predicted molar refractivity (Wildman–Crippen MR) is 92.9 cm³/mol. The van der Waals surface area contributed by atoms with E-state index in [2.05, 4.69) is 15.4 Å². The minimum Gasteiger partial charge on any atom is -0.361 e. The van der Waals surface area contributed by atoms with Crippen LogP contribution in [0.1, 0.15) is 62.1 Å². The van der Waals surface area contributed by atoms with Crippen LogP contribution in [-0.4, -0.2) is 53.2 Å². The Labute approximate surface area is 144 Å². The van der Waals surface area contributed by atoms with Gasteiger partial charge >= 0.3 is 6.03 Å². The lowest BCUT2D eigenvalue weighted by Gasteiger charge is -2.31. The Bertz CT molecular complexity index is 546. The lowest BCUT2D eigenvalue weighted by molar-refractivity contribution is 0.164. The Morgan fingerprint density at radius 3 is 2.58 bits per heavy atom. The number of urea groups is 1. The molecule has 0 bridgehead atoms. The minimum atomic E-state index is -0.0859. The van der Waals surface area contributed by atoms with Crippen molar-refractivity contribution in [2.75, 3.05) is 26.2 Å². The summed E-state index contributed by atoms with van der Waals surface area (Å²) in [5, 5.41) is 7.13. The molecule has 2 amide bonds. The normalized spacial score (nSPS) is 24.0. The molecule has 1 aromatic heterocycles. The molecule has 2 saturated heterocycles. The standard InChI is InChI=1S/C18H30N4O2/c1-13(17-14(2)20-24-15(17)3)19-18(23)22-11-5-4-8-16(12-22)21-9-6-7-10-21/h13,16H,4-12H2,1-3H3,(H,19,23)/t13-,16-/m0/s1. The fourth-order valence-electron chi connectivity index (χ4n) is 4.17. The topological polar surface area (TPSA) is 61.6 Å². The number of carbonyl (C=O) groups excluding carboxylic acids is 1. The van der Waals surface area contributed by atoms with Crippen molar-refractivity contribution in [3.8, 4) is 0 Å². The molecular formula is C18H30N4O2. The molecule has 0 spiro atoms. The molecule has 24 heavy (non-hydrogen) atoms. The summed E-state index contributed by atoms with van der Waals surface area (Å²) in [7, 11) is 0. The molecule has 2 fully saturated rings. The largest absolute Gasteiger partial charge is 0.361 e. The van der Waals surface area contributed by atoms with Gasteiger partial charge in [-0.2, -0.15) is 0 Å². The van der Waals surface area contributed by atoms with Crippen molar-refractivity contribution in [3.05, 3.63) is 17.0 Å². The molecule has 2 aliphatic heterocycles. The summed E-state index contributed by atoms with van der Waals surface area (Å²) in [6, 6.07) is 0.473. The van der Waals surface area contributed by atoms with E-state index < -0.39 is 0 Å². The number of aryl methyl sites for hydroxylation is 2. The van der Waals surface area contributed by atoms with Crippen LogP contribution in [0.25, 0.3) is 0 Å². The van der Waals surface area contributed by atoms with Crippen LogP contribution in [0.15, 0.2) is 4.52 Å². The molecule has 1 N–H and O–H groups in total. The van der Waals surface area contributed by atoms with E-state index in [-0.39, 0.29) is 12.1 Å². The molecule has 6 nitrogen and oxygen atoms in total. The predicted octanol–water partition coefficient (Wildman–Crippen LogP) is 3.01. The highest BCUT2D eigenvalue weighted by Gasteiger charge is 2.29. The SMILES string of the molecule is Cc1noc(C)c1[C@H](C)NC(=O)N1CCCC[C@H](N2CCCC2)C1. The zero-order valence-corrected chi connectivity index (χ0v) is 15.2. The van der Waals surface area contributed by atoms with E-state index >= 15 is 0 Å². The third-order valence-corrected chi connectivity index (χ3v) is 5.45. The van der Waals surface area contributed by atoms with Crippen molar-refractivity contribution in [3.63, 3.8) is 0 Å². The monoisotopic (exact) mass is 334 g/mol.